The molecule has 0 aliphatic heterocycles. The Morgan fingerprint density at radius 1 is 1.20 bits per heavy atom. The van der Waals surface area contributed by atoms with E-state index in [-0.39, 0.29) is 5.54 Å². The summed E-state index contributed by atoms with van der Waals surface area (Å²) >= 11 is 0. The molecule has 2 atom stereocenters. The predicted octanol–water partition coefficient (Wildman–Crippen LogP) is 4.34. The van der Waals surface area contributed by atoms with Gasteiger partial charge in [-0.05, 0) is 76.2 Å². The summed E-state index contributed by atoms with van der Waals surface area (Å²) in [6.07, 6.45) is 5.64. The van der Waals surface area contributed by atoms with Crippen LogP contribution in [0, 0.1) is 24.2 Å². The fraction of sp³-hybridized carbons (Fsp3) is 0.684. The topological polar surface area (TPSA) is 12.0 Å². The third kappa shape index (κ3) is 3.25. The van der Waals surface area contributed by atoms with Gasteiger partial charge in [0.15, 0.2) is 0 Å². The van der Waals surface area contributed by atoms with E-state index in [2.05, 4.69) is 57.3 Å². The lowest BCUT2D eigenvalue weighted by Crippen LogP contribution is -2.44. The van der Waals surface area contributed by atoms with Crippen molar-refractivity contribution >= 4 is 0 Å². The first-order valence-electron chi connectivity index (χ1n) is 8.16. The lowest BCUT2D eigenvalue weighted by molar-refractivity contribution is 0.222. The molecule has 1 nitrogen and oxygen atoms in total. The van der Waals surface area contributed by atoms with Gasteiger partial charge in [-0.2, -0.15) is 0 Å². The molecule has 0 amide bonds. The molecule has 1 aromatic carbocycles. The van der Waals surface area contributed by atoms with E-state index >= 15 is 0 Å². The van der Waals surface area contributed by atoms with E-state index in [9.17, 15) is 0 Å². The van der Waals surface area contributed by atoms with Crippen LogP contribution < -0.4 is 5.32 Å². The molecule has 110 valence electrons. The quantitative estimate of drug-likeness (QED) is 0.859. The van der Waals surface area contributed by atoms with Crippen LogP contribution in [-0.4, -0.2) is 12.1 Å². The first-order chi connectivity index (χ1) is 9.35. The van der Waals surface area contributed by atoms with Gasteiger partial charge in [0.1, 0.15) is 0 Å². The predicted molar refractivity (Wildman–Crippen MR) is 85.9 cm³/mol. The summed E-state index contributed by atoms with van der Waals surface area (Å²) in [6, 6.07) is 9.11. The minimum atomic E-state index is 0.229. The SMILES string of the molecule is Cc1cccc(CC2(CNC(C)(C)C)CC3CC3C2)c1. The summed E-state index contributed by atoms with van der Waals surface area (Å²) in [4.78, 5) is 0. The Balaban J connectivity index is 1.73. The Hall–Kier alpha value is -0.820. The molecular formula is C19H29N. The average molecular weight is 271 g/mol. The van der Waals surface area contributed by atoms with Gasteiger partial charge in [0, 0.05) is 12.1 Å². The molecular weight excluding hydrogens is 242 g/mol. The van der Waals surface area contributed by atoms with Gasteiger partial charge in [0.05, 0.1) is 0 Å². The van der Waals surface area contributed by atoms with Crippen molar-refractivity contribution in [2.45, 2.75) is 58.9 Å². The van der Waals surface area contributed by atoms with Crippen LogP contribution in [0.5, 0.6) is 0 Å². The zero-order valence-corrected chi connectivity index (χ0v) is 13.5. The van der Waals surface area contributed by atoms with Crippen molar-refractivity contribution in [3.63, 3.8) is 0 Å². The maximum Gasteiger partial charge on any atom is 0.00967 e. The van der Waals surface area contributed by atoms with Crippen molar-refractivity contribution in [2.24, 2.45) is 17.3 Å². The minimum Gasteiger partial charge on any atom is -0.312 e. The van der Waals surface area contributed by atoms with Crippen LogP contribution in [0.2, 0.25) is 0 Å². The second-order valence-electron chi connectivity index (χ2n) is 8.43. The lowest BCUT2D eigenvalue weighted by atomic mass is 9.76. The molecule has 1 heteroatoms. The molecule has 0 spiro atoms. The van der Waals surface area contributed by atoms with Crippen molar-refractivity contribution in [2.75, 3.05) is 6.54 Å². The Morgan fingerprint density at radius 3 is 2.50 bits per heavy atom. The van der Waals surface area contributed by atoms with Crippen molar-refractivity contribution in [1.82, 2.24) is 5.32 Å². The summed E-state index contributed by atoms with van der Waals surface area (Å²) < 4.78 is 0. The minimum absolute atomic E-state index is 0.229. The highest BCUT2D eigenvalue weighted by Crippen LogP contribution is 2.60. The highest BCUT2D eigenvalue weighted by atomic mass is 15.0. The normalized spacial score (nSPS) is 32.2. The van der Waals surface area contributed by atoms with Crippen molar-refractivity contribution < 1.29 is 0 Å². The van der Waals surface area contributed by atoms with E-state index in [1.54, 1.807) is 0 Å². The second kappa shape index (κ2) is 4.87. The standard InChI is InChI=1S/C19H29N/c1-14-6-5-7-15(8-14)10-19(13-20-18(2,3)4)11-16-9-17(16)12-19/h5-8,16-17,20H,9-13H2,1-4H3. The molecule has 0 radical (unpaired) electrons. The number of hydrogen-bond donors (Lipinski definition) is 1. The number of nitrogens with one attached hydrogen (secondary N) is 1. The van der Waals surface area contributed by atoms with Crippen molar-refractivity contribution in [1.29, 1.82) is 0 Å². The molecule has 2 fully saturated rings. The van der Waals surface area contributed by atoms with E-state index in [1.165, 1.54) is 43.4 Å². The Bertz CT molecular complexity index is 473. The van der Waals surface area contributed by atoms with Crippen LogP contribution in [0.15, 0.2) is 24.3 Å². The molecule has 1 aromatic rings. The zero-order chi connectivity index (χ0) is 14.4. The molecule has 2 unspecified atom stereocenters. The van der Waals surface area contributed by atoms with E-state index in [0.717, 1.165) is 11.8 Å². The van der Waals surface area contributed by atoms with Gasteiger partial charge in [-0.1, -0.05) is 29.8 Å². The van der Waals surface area contributed by atoms with Crippen LogP contribution in [0.3, 0.4) is 0 Å². The molecule has 0 heterocycles. The van der Waals surface area contributed by atoms with Gasteiger partial charge < -0.3 is 5.32 Å². The van der Waals surface area contributed by atoms with E-state index < -0.39 is 0 Å². The third-order valence-electron chi connectivity index (χ3n) is 5.11. The van der Waals surface area contributed by atoms with Gasteiger partial charge in [-0.15, -0.1) is 0 Å². The molecule has 0 bridgehead atoms. The van der Waals surface area contributed by atoms with Crippen LogP contribution in [0.25, 0.3) is 0 Å². The molecule has 3 rings (SSSR count). The van der Waals surface area contributed by atoms with Gasteiger partial charge in [-0.25, -0.2) is 0 Å². The number of benzene rings is 1. The fourth-order valence-corrected chi connectivity index (χ4v) is 4.06. The molecule has 20 heavy (non-hydrogen) atoms. The first-order valence-corrected chi connectivity index (χ1v) is 8.16. The Labute approximate surface area is 124 Å². The number of hydrogen-bond acceptors (Lipinski definition) is 1. The monoisotopic (exact) mass is 271 g/mol. The second-order valence-corrected chi connectivity index (χ2v) is 8.43. The smallest absolute Gasteiger partial charge is 0.00967 e. The Morgan fingerprint density at radius 2 is 1.90 bits per heavy atom. The molecule has 2 aliphatic rings. The van der Waals surface area contributed by atoms with Gasteiger partial charge >= 0.3 is 0 Å². The van der Waals surface area contributed by atoms with Gasteiger partial charge in [0.2, 0.25) is 0 Å². The number of fused-ring (bicyclic) bond motifs is 1. The van der Waals surface area contributed by atoms with Gasteiger partial charge in [-0.3, -0.25) is 0 Å². The summed E-state index contributed by atoms with van der Waals surface area (Å²) in [5.41, 5.74) is 3.66. The summed E-state index contributed by atoms with van der Waals surface area (Å²) in [7, 11) is 0. The fourth-order valence-electron chi connectivity index (χ4n) is 4.06. The van der Waals surface area contributed by atoms with Crippen LogP contribution >= 0.6 is 0 Å². The summed E-state index contributed by atoms with van der Waals surface area (Å²) in [5.74, 6) is 2.09. The summed E-state index contributed by atoms with van der Waals surface area (Å²) in [6.45, 7) is 10.2. The maximum atomic E-state index is 3.78. The lowest BCUT2D eigenvalue weighted by Gasteiger charge is -2.35. The van der Waals surface area contributed by atoms with Gasteiger partial charge in [0.25, 0.3) is 0 Å². The number of aryl methyl sites for hydroxylation is 1. The highest BCUT2D eigenvalue weighted by Gasteiger charge is 2.53. The maximum absolute atomic E-state index is 3.78. The van der Waals surface area contributed by atoms with Crippen LogP contribution in [-0.2, 0) is 6.42 Å². The highest BCUT2D eigenvalue weighted by molar-refractivity contribution is 5.24. The van der Waals surface area contributed by atoms with Crippen LogP contribution in [0.1, 0.15) is 51.2 Å². The number of rotatable bonds is 4. The largest absolute Gasteiger partial charge is 0.312 e. The van der Waals surface area contributed by atoms with Crippen molar-refractivity contribution in [3.8, 4) is 0 Å². The van der Waals surface area contributed by atoms with Crippen molar-refractivity contribution in [3.05, 3.63) is 35.4 Å². The molecule has 1 N–H and O–H groups in total. The van der Waals surface area contributed by atoms with E-state index in [4.69, 9.17) is 0 Å². The van der Waals surface area contributed by atoms with Crippen LogP contribution in [0.4, 0.5) is 0 Å². The molecule has 0 aromatic heterocycles. The van der Waals surface area contributed by atoms with E-state index in [1.807, 2.05) is 0 Å². The average Bonchev–Trinajstić information content (AvgIpc) is 2.95. The first kappa shape index (κ1) is 14.1. The molecule has 2 saturated carbocycles. The Kier molecular flexibility index (Phi) is 3.44. The summed E-state index contributed by atoms with van der Waals surface area (Å²) in [5, 5.41) is 3.78. The molecule has 2 aliphatic carbocycles. The van der Waals surface area contributed by atoms with E-state index in [0.29, 0.717) is 5.41 Å². The zero-order valence-electron chi connectivity index (χ0n) is 13.5. The molecule has 0 saturated heterocycles. The third-order valence-corrected chi connectivity index (χ3v) is 5.11.